The minimum Gasteiger partial charge on any atom is -0.352 e. The van der Waals surface area contributed by atoms with Gasteiger partial charge in [-0.2, -0.15) is 0 Å². The fraction of sp³-hybridized carbons (Fsp3) is 0.231. The fourth-order valence-electron chi connectivity index (χ4n) is 1.68. The highest BCUT2D eigenvalue weighted by molar-refractivity contribution is 9.10. The quantitative estimate of drug-likeness (QED) is 0.431. The number of hydrogen-bond donors (Lipinski definition) is 0. The third-order valence-electron chi connectivity index (χ3n) is 2.82. The molecular weight excluding hydrogens is 381 g/mol. The SMILES string of the molecule is Clc1ccc(CSc2ncc(Br)c(N3CC3)n2)c(Cl)c1. The first kappa shape index (κ1) is 14.4. The van der Waals surface area contributed by atoms with Gasteiger partial charge in [0.15, 0.2) is 5.16 Å². The Morgan fingerprint density at radius 2 is 2.10 bits per heavy atom. The van der Waals surface area contributed by atoms with Crippen LogP contribution in [0.1, 0.15) is 5.56 Å². The molecular formula is C13H10BrCl2N3S. The van der Waals surface area contributed by atoms with Gasteiger partial charge in [0, 0.05) is 35.1 Å². The predicted molar refractivity (Wildman–Crippen MR) is 88.0 cm³/mol. The van der Waals surface area contributed by atoms with E-state index in [4.69, 9.17) is 23.2 Å². The molecule has 3 nitrogen and oxygen atoms in total. The van der Waals surface area contributed by atoms with E-state index in [0.29, 0.717) is 10.0 Å². The van der Waals surface area contributed by atoms with Gasteiger partial charge >= 0.3 is 0 Å². The number of anilines is 1. The van der Waals surface area contributed by atoms with E-state index in [2.05, 4.69) is 30.8 Å². The molecule has 3 rings (SSSR count). The van der Waals surface area contributed by atoms with Gasteiger partial charge in [-0.15, -0.1) is 0 Å². The van der Waals surface area contributed by atoms with E-state index in [9.17, 15) is 0 Å². The Balaban J connectivity index is 1.73. The standard InChI is InChI=1S/C13H10BrCl2N3S/c14-10-6-17-13(18-12(10)19-3-4-19)20-7-8-1-2-9(15)5-11(8)16/h1-2,5-6H,3-4,7H2. The summed E-state index contributed by atoms with van der Waals surface area (Å²) in [7, 11) is 0. The van der Waals surface area contributed by atoms with E-state index in [1.54, 1.807) is 24.0 Å². The Bertz CT molecular complexity index is 650. The summed E-state index contributed by atoms with van der Waals surface area (Å²) in [4.78, 5) is 11.1. The molecule has 0 radical (unpaired) electrons. The Hall–Kier alpha value is -0.490. The largest absolute Gasteiger partial charge is 0.352 e. The highest BCUT2D eigenvalue weighted by Crippen LogP contribution is 2.31. The molecule has 0 unspecified atom stereocenters. The fourth-order valence-corrected chi connectivity index (χ4v) is 3.49. The second kappa shape index (κ2) is 6.10. The molecule has 0 bridgehead atoms. The summed E-state index contributed by atoms with van der Waals surface area (Å²) >= 11 is 17.1. The van der Waals surface area contributed by atoms with Crippen molar-refractivity contribution in [2.75, 3.05) is 18.0 Å². The van der Waals surface area contributed by atoms with Crippen molar-refractivity contribution >= 4 is 56.7 Å². The van der Waals surface area contributed by atoms with E-state index in [-0.39, 0.29) is 0 Å². The monoisotopic (exact) mass is 389 g/mol. The van der Waals surface area contributed by atoms with Crippen LogP contribution in [-0.4, -0.2) is 23.1 Å². The van der Waals surface area contributed by atoms with Crippen LogP contribution in [0.5, 0.6) is 0 Å². The summed E-state index contributed by atoms with van der Waals surface area (Å²) in [5, 5.41) is 2.07. The zero-order valence-corrected chi connectivity index (χ0v) is 14.2. The maximum Gasteiger partial charge on any atom is 0.189 e. The average molecular weight is 391 g/mol. The van der Waals surface area contributed by atoms with Crippen LogP contribution in [0.3, 0.4) is 0 Å². The van der Waals surface area contributed by atoms with E-state index < -0.39 is 0 Å². The summed E-state index contributed by atoms with van der Waals surface area (Å²) in [5.41, 5.74) is 1.03. The number of thioether (sulfide) groups is 1. The molecule has 1 aromatic heterocycles. The highest BCUT2D eigenvalue weighted by Gasteiger charge is 2.22. The minimum atomic E-state index is 0.646. The highest BCUT2D eigenvalue weighted by atomic mass is 79.9. The zero-order chi connectivity index (χ0) is 14.1. The summed E-state index contributed by atoms with van der Waals surface area (Å²) < 4.78 is 0.934. The minimum absolute atomic E-state index is 0.646. The van der Waals surface area contributed by atoms with Crippen LogP contribution in [0.2, 0.25) is 10.0 Å². The van der Waals surface area contributed by atoms with Crippen molar-refractivity contribution in [1.29, 1.82) is 0 Å². The molecule has 0 saturated carbocycles. The predicted octanol–water partition coefficient (Wildman–Crippen LogP) is 4.66. The summed E-state index contributed by atoms with van der Waals surface area (Å²) in [6, 6.07) is 5.53. The van der Waals surface area contributed by atoms with Crippen LogP contribution >= 0.6 is 50.9 Å². The lowest BCUT2D eigenvalue weighted by Crippen LogP contribution is -1.99. The normalized spacial score (nSPS) is 13.7. The first-order valence-electron chi connectivity index (χ1n) is 5.98. The van der Waals surface area contributed by atoms with Crippen molar-refractivity contribution in [2.45, 2.75) is 10.9 Å². The third-order valence-corrected chi connectivity index (χ3v) is 4.88. The van der Waals surface area contributed by atoms with Gasteiger partial charge in [0.1, 0.15) is 5.82 Å². The number of rotatable bonds is 4. The second-order valence-electron chi connectivity index (χ2n) is 4.34. The lowest BCUT2D eigenvalue weighted by molar-refractivity contribution is 0.949. The van der Waals surface area contributed by atoms with Gasteiger partial charge < -0.3 is 4.90 Å². The maximum absolute atomic E-state index is 6.16. The molecule has 1 aromatic carbocycles. The van der Waals surface area contributed by atoms with Crippen LogP contribution in [0.15, 0.2) is 34.0 Å². The topological polar surface area (TPSA) is 28.8 Å². The summed E-state index contributed by atoms with van der Waals surface area (Å²) in [6.07, 6.45) is 1.80. The van der Waals surface area contributed by atoms with E-state index in [1.165, 1.54) is 0 Å². The van der Waals surface area contributed by atoms with Gasteiger partial charge in [0.25, 0.3) is 0 Å². The van der Waals surface area contributed by atoms with Gasteiger partial charge in [0.2, 0.25) is 0 Å². The average Bonchev–Trinajstić information content (AvgIpc) is 3.24. The van der Waals surface area contributed by atoms with Crippen LogP contribution in [0.25, 0.3) is 0 Å². The molecule has 20 heavy (non-hydrogen) atoms. The number of aromatic nitrogens is 2. The smallest absolute Gasteiger partial charge is 0.189 e. The number of nitrogens with zero attached hydrogens (tertiary/aromatic N) is 3. The van der Waals surface area contributed by atoms with E-state index in [1.807, 2.05) is 12.1 Å². The Morgan fingerprint density at radius 1 is 1.30 bits per heavy atom. The van der Waals surface area contributed by atoms with Crippen LogP contribution in [0, 0.1) is 0 Å². The Labute approximate surface area is 139 Å². The third kappa shape index (κ3) is 3.39. The van der Waals surface area contributed by atoms with Crippen LogP contribution in [-0.2, 0) is 5.75 Å². The van der Waals surface area contributed by atoms with Crippen molar-refractivity contribution in [3.63, 3.8) is 0 Å². The summed E-state index contributed by atoms with van der Waals surface area (Å²) in [5.74, 6) is 1.68. The van der Waals surface area contributed by atoms with Crippen molar-refractivity contribution in [2.24, 2.45) is 0 Å². The van der Waals surface area contributed by atoms with E-state index >= 15 is 0 Å². The van der Waals surface area contributed by atoms with Crippen molar-refractivity contribution in [1.82, 2.24) is 9.97 Å². The Morgan fingerprint density at radius 3 is 2.80 bits per heavy atom. The first-order chi connectivity index (χ1) is 9.63. The lowest BCUT2D eigenvalue weighted by atomic mass is 10.2. The molecule has 7 heteroatoms. The van der Waals surface area contributed by atoms with Gasteiger partial charge in [-0.3, -0.25) is 0 Å². The van der Waals surface area contributed by atoms with Gasteiger partial charge in [-0.05, 0) is 33.6 Å². The van der Waals surface area contributed by atoms with E-state index in [0.717, 1.165) is 39.9 Å². The zero-order valence-electron chi connectivity index (χ0n) is 10.3. The molecule has 1 aliphatic rings. The summed E-state index contributed by atoms with van der Waals surface area (Å²) in [6.45, 7) is 2.12. The van der Waals surface area contributed by atoms with Gasteiger partial charge in [-0.1, -0.05) is 41.0 Å². The second-order valence-corrected chi connectivity index (χ2v) is 6.98. The lowest BCUT2D eigenvalue weighted by Gasteiger charge is -2.07. The Kier molecular flexibility index (Phi) is 4.40. The molecule has 1 fully saturated rings. The van der Waals surface area contributed by atoms with Crippen molar-refractivity contribution in [3.05, 3.63) is 44.5 Å². The molecule has 104 valence electrons. The number of halogens is 3. The van der Waals surface area contributed by atoms with Gasteiger partial charge in [0.05, 0.1) is 4.47 Å². The van der Waals surface area contributed by atoms with Crippen molar-refractivity contribution in [3.8, 4) is 0 Å². The van der Waals surface area contributed by atoms with Crippen molar-refractivity contribution < 1.29 is 0 Å². The molecule has 1 saturated heterocycles. The molecule has 0 aliphatic carbocycles. The molecule has 0 amide bonds. The van der Waals surface area contributed by atoms with Crippen LogP contribution in [0.4, 0.5) is 5.82 Å². The number of hydrogen-bond acceptors (Lipinski definition) is 4. The molecule has 0 atom stereocenters. The molecule has 2 heterocycles. The first-order valence-corrected chi connectivity index (χ1v) is 8.51. The molecule has 1 aliphatic heterocycles. The molecule has 2 aromatic rings. The molecule has 0 N–H and O–H groups in total. The number of benzene rings is 1. The van der Waals surface area contributed by atoms with Crippen LogP contribution < -0.4 is 4.90 Å². The molecule has 0 spiro atoms. The maximum atomic E-state index is 6.16. The van der Waals surface area contributed by atoms with Gasteiger partial charge in [-0.25, -0.2) is 9.97 Å².